The Bertz CT molecular complexity index is 1190. The van der Waals surface area contributed by atoms with Gasteiger partial charge in [0.05, 0.1) is 21.1 Å². The van der Waals surface area contributed by atoms with Crippen LogP contribution in [0.4, 0.5) is 0 Å². The molecule has 6 nitrogen and oxygen atoms in total. The van der Waals surface area contributed by atoms with Crippen molar-refractivity contribution in [3.05, 3.63) is 47.2 Å². The molecular weight excluding hydrogens is 411 g/mol. The van der Waals surface area contributed by atoms with Gasteiger partial charge >= 0.3 is 7.12 Å². The molecule has 3 heterocycles. The molecule has 1 fully saturated rings. The van der Waals surface area contributed by atoms with E-state index in [0.717, 1.165) is 5.56 Å². The monoisotopic (exact) mass is 432 g/mol. The Labute approximate surface area is 175 Å². The summed E-state index contributed by atoms with van der Waals surface area (Å²) in [4.78, 5) is 7.45. The summed E-state index contributed by atoms with van der Waals surface area (Å²) in [6, 6.07) is 6.67. The summed E-state index contributed by atoms with van der Waals surface area (Å²) >= 11 is 6.38. The average Bonchev–Trinajstić information content (AvgIpc) is 3.12. The molecule has 1 aliphatic heterocycles. The number of aromatic nitrogens is 2. The van der Waals surface area contributed by atoms with E-state index in [4.69, 9.17) is 20.9 Å². The van der Waals surface area contributed by atoms with Gasteiger partial charge in [0.15, 0.2) is 0 Å². The molecule has 9 heteroatoms. The minimum absolute atomic E-state index is 0.000943. The van der Waals surface area contributed by atoms with Crippen LogP contribution in [0.15, 0.2) is 46.5 Å². The third kappa shape index (κ3) is 3.19. The smallest absolute Gasteiger partial charge is 0.399 e. The lowest BCUT2D eigenvalue weighted by molar-refractivity contribution is 0.00578. The number of pyridine rings is 1. The summed E-state index contributed by atoms with van der Waals surface area (Å²) in [6.45, 7) is 9.67. The zero-order valence-electron chi connectivity index (χ0n) is 16.9. The first-order chi connectivity index (χ1) is 13.4. The molecule has 152 valence electrons. The first kappa shape index (κ1) is 20.4. The molecule has 29 heavy (non-hydrogen) atoms. The van der Waals surface area contributed by atoms with Crippen LogP contribution in [0.2, 0.25) is 5.02 Å². The molecule has 1 N–H and O–H groups in total. The fourth-order valence-corrected chi connectivity index (χ4v) is 5.29. The molecule has 0 unspecified atom stereocenters. The molecule has 0 aliphatic carbocycles. The van der Waals surface area contributed by atoms with Gasteiger partial charge in [-0.3, -0.25) is 0 Å². The van der Waals surface area contributed by atoms with E-state index in [0.29, 0.717) is 16.5 Å². The highest BCUT2D eigenvalue weighted by Gasteiger charge is 2.52. The van der Waals surface area contributed by atoms with Crippen LogP contribution in [0, 0.1) is 6.92 Å². The first-order valence-corrected chi connectivity index (χ1v) is 11.1. The van der Waals surface area contributed by atoms with Crippen molar-refractivity contribution in [1.82, 2.24) is 9.97 Å². The number of nitrogens with zero attached hydrogens (tertiary/aromatic N) is 1. The molecule has 2 aromatic heterocycles. The third-order valence-electron chi connectivity index (χ3n) is 5.75. The lowest BCUT2D eigenvalue weighted by Gasteiger charge is -2.32. The molecule has 1 aromatic carbocycles. The van der Waals surface area contributed by atoms with Gasteiger partial charge in [-0.05, 0) is 46.8 Å². The van der Waals surface area contributed by atoms with E-state index in [1.54, 1.807) is 30.5 Å². The maximum atomic E-state index is 13.5. The fourth-order valence-electron chi connectivity index (χ4n) is 3.32. The van der Waals surface area contributed by atoms with E-state index in [1.165, 1.54) is 6.20 Å². The minimum atomic E-state index is -3.90. The van der Waals surface area contributed by atoms with Gasteiger partial charge in [-0.25, -0.2) is 13.4 Å². The SMILES string of the molecule is Cc1ccc(S(=O)(=O)c2c(Cl)cnc3[nH]cc(B4OC(C)(C)C(C)(C)O4)c23)cc1. The number of aryl methyl sites for hydroxylation is 1. The highest BCUT2D eigenvalue weighted by molar-refractivity contribution is 7.91. The van der Waals surface area contributed by atoms with Crippen molar-refractivity contribution in [2.75, 3.05) is 0 Å². The van der Waals surface area contributed by atoms with Crippen molar-refractivity contribution in [2.45, 2.75) is 55.6 Å². The number of aromatic amines is 1. The van der Waals surface area contributed by atoms with Gasteiger partial charge in [-0.1, -0.05) is 29.3 Å². The molecule has 0 saturated carbocycles. The zero-order valence-corrected chi connectivity index (χ0v) is 18.5. The number of benzene rings is 1. The molecule has 3 aromatic rings. The molecule has 0 bridgehead atoms. The number of halogens is 1. The second kappa shape index (κ2) is 6.57. The average molecular weight is 433 g/mol. The summed E-state index contributed by atoms with van der Waals surface area (Å²) < 4.78 is 39.3. The lowest BCUT2D eigenvalue weighted by Crippen LogP contribution is -2.41. The van der Waals surface area contributed by atoms with Gasteiger partial charge < -0.3 is 14.3 Å². The Morgan fingerprint density at radius 3 is 2.24 bits per heavy atom. The Morgan fingerprint density at radius 2 is 1.66 bits per heavy atom. The topological polar surface area (TPSA) is 81.3 Å². The molecule has 1 saturated heterocycles. The largest absolute Gasteiger partial charge is 0.497 e. The number of H-pyrrole nitrogens is 1. The number of fused-ring (bicyclic) bond motifs is 1. The zero-order chi connectivity index (χ0) is 21.2. The maximum absolute atomic E-state index is 13.5. The van der Waals surface area contributed by atoms with Crippen LogP contribution in [0.3, 0.4) is 0 Å². The van der Waals surface area contributed by atoms with Crippen LogP contribution in [0.1, 0.15) is 33.3 Å². The minimum Gasteiger partial charge on any atom is -0.399 e. The number of sulfone groups is 1. The molecule has 4 rings (SSSR count). The van der Waals surface area contributed by atoms with Crippen LogP contribution in [0.5, 0.6) is 0 Å². The summed E-state index contributed by atoms with van der Waals surface area (Å²) in [7, 11) is -4.64. The quantitative estimate of drug-likeness (QED) is 0.639. The second-order valence-electron chi connectivity index (χ2n) is 8.31. The Kier molecular flexibility index (Phi) is 4.62. The predicted molar refractivity (Wildman–Crippen MR) is 113 cm³/mol. The normalized spacial score (nSPS) is 18.5. The third-order valence-corrected chi connectivity index (χ3v) is 8.00. The van der Waals surface area contributed by atoms with Crippen LogP contribution in [-0.4, -0.2) is 36.7 Å². The van der Waals surface area contributed by atoms with E-state index in [9.17, 15) is 8.42 Å². The van der Waals surface area contributed by atoms with Gasteiger partial charge in [0.1, 0.15) is 10.5 Å². The Hall–Kier alpha value is -1.87. The van der Waals surface area contributed by atoms with Crippen molar-refractivity contribution in [3.63, 3.8) is 0 Å². The van der Waals surface area contributed by atoms with E-state index < -0.39 is 28.2 Å². The van der Waals surface area contributed by atoms with E-state index >= 15 is 0 Å². The standard InChI is InChI=1S/C20H22BClN2O4S/c1-12-6-8-13(9-7-12)29(25,26)17-15(22)11-24-18-16(17)14(10-23-18)21-27-19(2,3)20(4,5)28-21/h6-11H,1-5H3,(H,23,24). The van der Waals surface area contributed by atoms with Crippen molar-refractivity contribution < 1.29 is 17.7 Å². The van der Waals surface area contributed by atoms with Crippen LogP contribution < -0.4 is 5.46 Å². The lowest BCUT2D eigenvalue weighted by atomic mass is 9.79. The second-order valence-corrected chi connectivity index (χ2v) is 10.6. The summed E-state index contributed by atoms with van der Waals surface area (Å²) in [5.74, 6) is 0. The maximum Gasteiger partial charge on any atom is 0.497 e. The van der Waals surface area contributed by atoms with Crippen LogP contribution in [-0.2, 0) is 19.1 Å². The van der Waals surface area contributed by atoms with Crippen LogP contribution in [0.25, 0.3) is 11.0 Å². The van der Waals surface area contributed by atoms with Gasteiger partial charge in [-0.2, -0.15) is 0 Å². The number of nitrogens with one attached hydrogen (secondary N) is 1. The molecule has 0 radical (unpaired) electrons. The molecule has 1 aliphatic rings. The number of hydrogen-bond acceptors (Lipinski definition) is 5. The number of rotatable bonds is 3. The van der Waals surface area contributed by atoms with E-state index in [2.05, 4.69) is 9.97 Å². The summed E-state index contributed by atoms with van der Waals surface area (Å²) in [5.41, 5.74) is 0.797. The number of hydrogen-bond donors (Lipinski definition) is 1. The molecule has 0 amide bonds. The molecule has 0 atom stereocenters. The van der Waals surface area contributed by atoms with Crippen molar-refractivity contribution in [3.8, 4) is 0 Å². The van der Waals surface area contributed by atoms with Crippen molar-refractivity contribution in [1.29, 1.82) is 0 Å². The fraction of sp³-hybridized carbons (Fsp3) is 0.350. The first-order valence-electron chi connectivity index (χ1n) is 9.27. The Morgan fingerprint density at radius 1 is 1.07 bits per heavy atom. The van der Waals surface area contributed by atoms with Crippen molar-refractivity contribution >= 4 is 45.1 Å². The predicted octanol–water partition coefficient (Wildman–Crippen LogP) is 3.66. The van der Waals surface area contributed by atoms with E-state index in [1.807, 2.05) is 34.6 Å². The summed E-state index contributed by atoms with van der Waals surface area (Å²) in [6.07, 6.45) is 3.01. The molecule has 0 spiro atoms. The van der Waals surface area contributed by atoms with Gasteiger partial charge in [-0.15, -0.1) is 0 Å². The van der Waals surface area contributed by atoms with Gasteiger partial charge in [0.25, 0.3) is 0 Å². The van der Waals surface area contributed by atoms with Crippen molar-refractivity contribution in [2.24, 2.45) is 0 Å². The Balaban J connectivity index is 1.94. The van der Waals surface area contributed by atoms with Crippen LogP contribution >= 0.6 is 11.6 Å². The van der Waals surface area contributed by atoms with Gasteiger partial charge in [0.2, 0.25) is 9.84 Å². The highest BCUT2D eigenvalue weighted by Crippen LogP contribution is 2.38. The van der Waals surface area contributed by atoms with Gasteiger partial charge in [0, 0.05) is 23.2 Å². The highest BCUT2D eigenvalue weighted by atomic mass is 35.5. The van der Waals surface area contributed by atoms with E-state index in [-0.39, 0.29) is 14.8 Å². The summed E-state index contributed by atoms with van der Waals surface area (Å²) in [5, 5.41) is 0.437. The molecular formula is C20H22BClN2O4S.